The number of halogens is 2. The van der Waals surface area contributed by atoms with Crippen molar-refractivity contribution in [3.63, 3.8) is 0 Å². The van der Waals surface area contributed by atoms with Crippen molar-refractivity contribution in [2.45, 2.75) is 33.3 Å². The monoisotopic (exact) mass is 317 g/mol. The fourth-order valence-electron chi connectivity index (χ4n) is 1.52. The van der Waals surface area contributed by atoms with Gasteiger partial charge in [-0.25, -0.2) is 4.39 Å². The molecule has 0 aromatic heterocycles. The largest absolute Gasteiger partial charge is 0.489 e. The molecule has 1 N–H and O–H groups in total. The number of rotatable bonds is 7. The molecule has 1 rings (SSSR count). The normalized spacial score (nSPS) is 12.8. The summed E-state index contributed by atoms with van der Waals surface area (Å²) in [7, 11) is 0. The van der Waals surface area contributed by atoms with Crippen LogP contribution in [-0.2, 0) is 0 Å². The lowest BCUT2D eigenvalue weighted by atomic mass is 10.1. The van der Waals surface area contributed by atoms with Crippen molar-refractivity contribution in [2.24, 2.45) is 5.92 Å². The summed E-state index contributed by atoms with van der Waals surface area (Å²) in [6.07, 6.45) is 1.18. The number of hydrogen-bond donors (Lipinski definition) is 1. The van der Waals surface area contributed by atoms with Gasteiger partial charge in [-0.15, -0.1) is 0 Å². The Labute approximate surface area is 117 Å². The molecule has 0 spiro atoms. The van der Waals surface area contributed by atoms with E-state index in [0.717, 1.165) is 19.5 Å². The first-order chi connectivity index (χ1) is 8.49. The average molecular weight is 318 g/mol. The number of nitrogens with one attached hydrogen (secondary N) is 1. The topological polar surface area (TPSA) is 21.3 Å². The molecule has 0 aliphatic carbocycles. The lowest BCUT2D eigenvalue weighted by molar-refractivity contribution is 0.215. The zero-order valence-corrected chi connectivity index (χ0v) is 12.8. The van der Waals surface area contributed by atoms with E-state index in [1.165, 1.54) is 6.07 Å². The maximum Gasteiger partial charge on any atom is 0.141 e. The van der Waals surface area contributed by atoms with Crippen LogP contribution in [0, 0.1) is 11.7 Å². The van der Waals surface area contributed by atoms with Crippen LogP contribution >= 0.6 is 15.9 Å². The van der Waals surface area contributed by atoms with Gasteiger partial charge in [-0.2, -0.15) is 0 Å². The Hall–Kier alpha value is -0.610. The van der Waals surface area contributed by atoms with Crippen LogP contribution in [-0.4, -0.2) is 19.2 Å². The van der Waals surface area contributed by atoms with E-state index >= 15 is 0 Å². The molecule has 1 atom stereocenters. The third kappa shape index (κ3) is 5.83. The highest BCUT2D eigenvalue weighted by molar-refractivity contribution is 9.10. The summed E-state index contributed by atoms with van der Waals surface area (Å²) in [5, 5.41) is 3.33. The number of ether oxygens (including phenoxy) is 1. The summed E-state index contributed by atoms with van der Waals surface area (Å²) >= 11 is 3.12. The highest BCUT2D eigenvalue weighted by Gasteiger charge is 2.06. The van der Waals surface area contributed by atoms with Crippen LogP contribution in [0.3, 0.4) is 0 Å². The molecule has 0 saturated carbocycles. The van der Waals surface area contributed by atoms with Gasteiger partial charge in [-0.1, -0.05) is 13.8 Å². The van der Waals surface area contributed by atoms with Crippen LogP contribution in [0.25, 0.3) is 0 Å². The van der Waals surface area contributed by atoms with Gasteiger partial charge in [0.2, 0.25) is 0 Å². The molecule has 1 aromatic rings. The van der Waals surface area contributed by atoms with Gasteiger partial charge in [0.1, 0.15) is 17.7 Å². The molecule has 0 bridgehead atoms. The third-order valence-corrected chi connectivity index (χ3v) is 3.20. The maximum atomic E-state index is 13.3. The van der Waals surface area contributed by atoms with Crippen molar-refractivity contribution in [1.82, 2.24) is 5.32 Å². The Morgan fingerprint density at radius 3 is 2.67 bits per heavy atom. The lowest BCUT2D eigenvalue weighted by Crippen LogP contribution is -2.30. The molecule has 4 heteroatoms. The molecule has 0 saturated heterocycles. The van der Waals surface area contributed by atoms with Gasteiger partial charge in [0.05, 0.1) is 4.47 Å². The minimum absolute atomic E-state index is 0.0257. The van der Waals surface area contributed by atoms with E-state index in [2.05, 4.69) is 35.1 Å². The van der Waals surface area contributed by atoms with Crippen LogP contribution in [0.15, 0.2) is 22.7 Å². The molecule has 0 heterocycles. The average Bonchev–Trinajstić information content (AvgIpc) is 2.29. The predicted molar refractivity (Wildman–Crippen MR) is 76.5 cm³/mol. The highest BCUT2D eigenvalue weighted by atomic mass is 79.9. The van der Waals surface area contributed by atoms with E-state index in [9.17, 15) is 4.39 Å². The molecule has 18 heavy (non-hydrogen) atoms. The maximum absolute atomic E-state index is 13.3. The Morgan fingerprint density at radius 2 is 2.06 bits per heavy atom. The Balaban J connectivity index is 2.31. The van der Waals surface area contributed by atoms with Gasteiger partial charge >= 0.3 is 0 Å². The van der Waals surface area contributed by atoms with Crippen LogP contribution in [0.2, 0.25) is 0 Å². The summed E-state index contributed by atoms with van der Waals surface area (Å²) in [6, 6.07) is 4.82. The standard InChI is InChI=1S/C14H21BrFNO/c1-10(2)6-7-17-9-11(3)18-12-4-5-13(15)14(16)8-12/h4-5,8,10-11,17H,6-7,9H2,1-3H3. The second-order valence-corrected chi connectivity index (χ2v) is 5.75. The van der Waals surface area contributed by atoms with Gasteiger partial charge in [0.15, 0.2) is 0 Å². The molecule has 0 radical (unpaired) electrons. The van der Waals surface area contributed by atoms with E-state index in [1.807, 2.05) is 6.92 Å². The molecule has 102 valence electrons. The van der Waals surface area contributed by atoms with E-state index < -0.39 is 0 Å². The summed E-state index contributed by atoms with van der Waals surface area (Å²) in [4.78, 5) is 0. The minimum Gasteiger partial charge on any atom is -0.489 e. The van der Waals surface area contributed by atoms with E-state index in [-0.39, 0.29) is 11.9 Å². The zero-order valence-electron chi connectivity index (χ0n) is 11.2. The highest BCUT2D eigenvalue weighted by Crippen LogP contribution is 2.21. The smallest absolute Gasteiger partial charge is 0.141 e. The van der Waals surface area contributed by atoms with Gasteiger partial charge in [0.25, 0.3) is 0 Å². The number of hydrogen-bond acceptors (Lipinski definition) is 2. The van der Waals surface area contributed by atoms with Crippen molar-refractivity contribution < 1.29 is 9.13 Å². The van der Waals surface area contributed by atoms with Gasteiger partial charge < -0.3 is 10.1 Å². The van der Waals surface area contributed by atoms with Crippen LogP contribution in [0.4, 0.5) is 4.39 Å². The predicted octanol–water partition coefficient (Wildman–Crippen LogP) is 3.99. The van der Waals surface area contributed by atoms with Gasteiger partial charge in [-0.3, -0.25) is 0 Å². The fraction of sp³-hybridized carbons (Fsp3) is 0.571. The summed E-state index contributed by atoms with van der Waals surface area (Å²) in [5.74, 6) is 0.968. The van der Waals surface area contributed by atoms with Crippen molar-refractivity contribution in [3.8, 4) is 5.75 Å². The summed E-state index contributed by atoms with van der Waals surface area (Å²) in [5.41, 5.74) is 0. The summed E-state index contributed by atoms with van der Waals surface area (Å²) < 4.78 is 19.4. The second-order valence-electron chi connectivity index (χ2n) is 4.89. The van der Waals surface area contributed by atoms with Crippen LogP contribution in [0.1, 0.15) is 27.2 Å². The van der Waals surface area contributed by atoms with E-state index in [4.69, 9.17) is 4.74 Å². The van der Waals surface area contributed by atoms with Crippen LogP contribution < -0.4 is 10.1 Å². The first-order valence-corrected chi connectivity index (χ1v) is 7.10. The Kier molecular flexibility index (Phi) is 6.65. The lowest BCUT2D eigenvalue weighted by Gasteiger charge is -2.16. The minimum atomic E-state index is -0.299. The van der Waals surface area contributed by atoms with E-state index in [1.54, 1.807) is 12.1 Å². The Morgan fingerprint density at radius 1 is 1.33 bits per heavy atom. The molecular formula is C14H21BrFNO. The first kappa shape index (κ1) is 15.4. The zero-order chi connectivity index (χ0) is 13.5. The molecule has 0 amide bonds. The molecule has 0 aliphatic rings. The van der Waals surface area contributed by atoms with E-state index in [0.29, 0.717) is 16.1 Å². The molecule has 1 aromatic carbocycles. The summed E-state index contributed by atoms with van der Waals surface area (Å²) in [6.45, 7) is 8.13. The molecular weight excluding hydrogens is 297 g/mol. The molecule has 0 fully saturated rings. The Bertz CT molecular complexity index is 371. The van der Waals surface area contributed by atoms with Crippen molar-refractivity contribution in [3.05, 3.63) is 28.5 Å². The number of benzene rings is 1. The fourth-order valence-corrected chi connectivity index (χ4v) is 1.77. The first-order valence-electron chi connectivity index (χ1n) is 6.31. The molecule has 2 nitrogen and oxygen atoms in total. The van der Waals surface area contributed by atoms with Crippen molar-refractivity contribution in [2.75, 3.05) is 13.1 Å². The van der Waals surface area contributed by atoms with Crippen molar-refractivity contribution >= 4 is 15.9 Å². The SMILES string of the molecule is CC(C)CCNCC(C)Oc1ccc(Br)c(F)c1. The molecule has 0 aliphatic heterocycles. The quantitative estimate of drug-likeness (QED) is 0.768. The van der Waals surface area contributed by atoms with Crippen LogP contribution in [0.5, 0.6) is 5.75 Å². The third-order valence-electron chi connectivity index (χ3n) is 2.56. The van der Waals surface area contributed by atoms with Gasteiger partial charge in [0, 0.05) is 12.6 Å². The molecule has 1 unspecified atom stereocenters. The van der Waals surface area contributed by atoms with Crippen molar-refractivity contribution in [1.29, 1.82) is 0 Å². The van der Waals surface area contributed by atoms with Gasteiger partial charge in [-0.05, 0) is 53.9 Å². The second kappa shape index (κ2) is 7.74.